The third-order valence-corrected chi connectivity index (χ3v) is 1.56. The third kappa shape index (κ3) is 4.57. The van der Waals surface area contributed by atoms with Crippen LogP contribution in [0.2, 0.25) is 0 Å². The summed E-state index contributed by atoms with van der Waals surface area (Å²) in [6.45, 7) is 7.55. The Morgan fingerprint density at radius 1 is 1.69 bits per heavy atom. The van der Waals surface area contributed by atoms with Crippen LogP contribution >= 0.6 is 0 Å². The molecule has 0 fully saturated rings. The fourth-order valence-corrected chi connectivity index (χ4v) is 0.962. The monoisotopic (exact) mass is 225 g/mol. The largest absolute Gasteiger partial charge is 0.402 e. The average Bonchev–Trinajstić information content (AvgIpc) is 2.23. The number of amidine groups is 1. The molecule has 0 aliphatic carbocycles. The van der Waals surface area contributed by atoms with Crippen LogP contribution in [0.4, 0.5) is 4.39 Å². The standard InChI is InChI=1S/C10H16FN5/c1-7(2)6-16(14)10(9(11)5-13)15-8(3)4-12/h5,7H,3,6,13-14H2,1-2H3/b9-5+,15-10?. The van der Waals surface area contributed by atoms with Gasteiger partial charge in [-0.25, -0.2) is 15.2 Å². The Kier molecular flexibility index (Phi) is 5.81. The summed E-state index contributed by atoms with van der Waals surface area (Å²) in [5, 5.41) is 9.62. The zero-order valence-corrected chi connectivity index (χ0v) is 9.44. The van der Waals surface area contributed by atoms with Crippen LogP contribution in [0.25, 0.3) is 0 Å². The minimum Gasteiger partial charge on any atom is -0.402 e. The van der Waals surface area contributed by atoms with Gasteiger partial charge in [-0.2, -0.15) is 5.26 Å². The van der Waals surface area contributed by atoms with E-state index in [2.05, 4.69) is 11.6 Å². The van der Waals surface area contributed by atoms with Crippen LogP contribution in [-0.4, -0.2) is 17.4 Å². The number of halogens is 1. The normalized spacial score (nSPS) is 12.5. The Balaban J connectivity index is 5.04. The first-order valence-corrected chi connectivity index (χ1v) is 4.70. The summed E-state index contributed by atoms with van der Waals surface area (Å²) in [7, 11) is 0. The van der Waals surface area contributed by atoms with Gasteiger partial charge in [-0.05, 0) is 5.92 Å². The van der Waals surface area contributed by atoms with Crippen molar-refractivity contribution in [2.75, 3.05) is 6.54 Å². The lowest BCUT2D eigenvalue weighted by atomic mass is 10.2. The van der Waals surface area contributed by atoms with E-state index in [1.54, 1.807) is 6.07 Å². The highest BCUT2D eigenvalue weighted by atomic mass is 19.1. The molecule has 0 heterocycles. The van der Waals surface area contributed by atoms with Gasteiger partial charge < -0.3 is 5.73 Å². The molecule has 0 saturated heterocycles. The van der Waals surface area contributed by atoms with E-state index >= 15 is 0 Å². The van der Waals surface area contributed by atoms with Gasteiger partial charge in [0.25, 0.3) is 0 Å². The molecule has 0 unspecified atom stereocenters. The summed E-state index contributed by atoms with van der Waals surface area (Å²) in [5.74, 6) is 4.85. The van der Waals surface area contributed by atoms with Gasteiger partial charge in [0.15, 0.2) is 11.7 Å². The number of rotatable bonds is 4. The number of hydrogen-bond acceptors (Lipinski definition) is 4. The third-order valence-electron chi connectivity index (χ3n) is 1.56. The number of nitrogens with two attached hydrogens (primary N) is 2. The highest BCUT2D eigenvalue weighted by Gasteiger charge is 2.14. The molecule has 0 spiro atoms. The summed E-state index contributed by atoms with van der Waals surface area (Å²) in [5.41, 5.74) is 4.91. The van der Waals surface area contributed by atoms with Gasteiger partial charge in [-0.15, -0.1) is 0 Å². The number of aliphatic imine (C=N–C) groups is 1. The molecule has 5 nitrogen and oxygen atoms in total. The van der Waals surface area contributed by atoms with E-state index in [4.69, 9.17) is 16.8 Å². The molecule has 0 saturated carbocycles. The van der Waals surface area contributed by atoms with Crippen molar-refractivity contribution in [1.29, 1.82) is 5.26 Å². The van der Waals surface area contributed by atoms with Gasteiger partial charge in [0, 0.05) is 12.7 Å². The van der Waals surface area contributed by atoms with E-state index in [-0.39, 0.29) is 17.5 Å². The van der Waals surface area contributed by atoms with Crippen molar-refractivity contribution >= 4 is 5.84 Å². The molecule has 0 aliphatic rings. The number of nitriles is 1. The van der Waals surface area contributed by atoms with Crippen molar-refractivity contribution in [3.63, 3.8) is 0 Å². The maximum atomic E-state index is 13.3. The highest BCUT2D eigenvalue weighted by Crippen LogP contribution is 2.07. The van der Waals surface area contributed by atoms with Crippen LogP contribution in [0.5, 0.6) is 0 Å². The predicted molar refractivity (Wildman–Crippen MR) is 61.3 cm³/mol. The lowest BCUT2D eigenvalue weighted by Gasteiger charge is -2.21. The van der Waals surface area contributed by atoms with Crippen molar-refractivity contribution in [2.24, 2.45) is 22.5 Å². The molecule has 88 valence electrons. The van der Waals surface area contributed by atoms with Gasteiger partial charge in [-0.3, -0.25) is 5.01 Å². The van der Waals surface area contributed by atoms with Crippen LogP contribution in [0.3, 0.4) is 0 Å². The molecule has 0 aromatic carbocycles. The molecule has 0 radical (unpaired) electrons. The second kappa shape index (κ2) is 6.58. The number of nitrogens with zero attached hydrogens (tertiary/aromatic N) is 3. The molecule has 4 N–H and O–H groups in total. The van der Waals surface area contributed by atoms with Crippen LogP contribution in [0.15, 0.2) is 29.3 Å². The number of allylic oxidation sites excluding steroid dienone is 1. The van der Waals surface area contributed by atoms with E-state index in [1.807, 2.05) is 13.8 Å². The number of hydrazine groups is 1. The fourth-order valence-electron chi connectivity index (χ4n) is 0.962. The Hall–Kier alpha value is -1.87. The Morgan fingerprint density at radius 2 is 2.25 bits per heavy atom. The van der Waals surface area contributed by atoms with Crippen LogP contribution in [-0.2, 0) is 0 Å². The molecular formula is C10H16FN5. The average molecular weight is 225 g/mol. The molecule has 0 atom stereocenters. The van der Waals surface area contributed by atoms with Crippen LogP contribution < -0.4 is 11.6 Å². The Bertz CT molecular complexity index is 351. The summed E-state index contributed by atoms with van der Waals surface area (Å²) in [6.07, 6.45) is 0.740. The van der Waals surface area contributed by atoms with Crippen molar-refractivity contribution in [1.82, 2.24) is 5.01 Å². The fraction of sp³-hybridized carbons (Fsp3) is 0.400. The molecule has 0 aromatic rings. The van der Waals surface area contributed by atoms with Gasteiger partial charge >= 0.3 is 0 Å². The summed E-state index contributed by atoms with van der Waals surface area (Å²) < 4.78 is 13.3. The van der Waals surface area contributed by atoms with Crippen molar-refractivity contribution in [3.05, 3.63) is 24.3 Å². The summed E-state index contributed by atoms with van der Waals surface area (Å²) >= 11 is 0. The highest BCUT2D eigenvalue weighted by molar-refractivity contribution is 5.96. The first-order valence-electron chi connectivity index (χ1n) is 4.70. The lowest BCUT2D eigenvalue weighted by molar-refractivity contribution is 0.372. The molecule has 0 amide bonds. The van der Waals surface area contributed by atoms with Gasteiger partial charge in [0.05, 0.1) is 0 Å². The minimum atomic E-state index is -0.792. The molecular weight excluding hydrogens is 209 g/mol. The maximum absolute atomic E-state index is 13.3. The SMILES string of the molecule is C=C(C#N)N=C(/C(F)=C\N)N(N)CC(C)C. The number of hydrogen-bond donors (Lipinski definition) is 2. The zero-order chi connectivity index (χ0) is 12.7. The molecule has 0 aromatic heterocycles. The molecule has 16 heavy (non-hydrogen) atoms. The van der Waals surface area contributed by atoms with Crippen LogP contribution in [0, 0.1) is 17.2 Å². The van der Waals surface area contributed by atoms with Gasteiger partial charge in [0.1, 0.15) is 11.8 Å². The van der Waals surface area contributed by atoms with E-state index in [1.165, 1.54) is 0 Å². The molecule has 6 heteroatoms. The van der Waals surface area contributed by atoms with Crippen molar-refractivity contribution < 1.29 is 4.39 Å². The van der Waals surface area contributed by atoms with E-state index in [0.29, 0.717) is 6.54 Å². The second-order valence-corrected chi connectivity index (χ2v) is 3.55. The zero-order valence-electron chi connectivity index (χ0n) is 9.44. The minimum absolute atomic E-state index is 0.133. The Labute approximate surface area is 94.5 Å². The second-order valence-electron chi connectivity index (χ2n) is 3.55. The van der Waals surface area contributed by atoms with E-state index in [0.717, 1.165) is 11.2 Å². The summed E-state index contributed by atoms with van der Waals surface area (Å²) in [6, 6.07) is 1.68. The lowest BCUT2D eigenvalue weighted by Crippen LogP contribution is -2.40. The van der Waals surface area contributed by atoms with Crippen LogP contribution in [0.1, 0.15) is 13.8 Å². The maximum Gasteiger partial charge on any atom is 0.182 e. The van der Waals surface area contributed by atoms with E-state index in [9.17, 15) is 4.39 Å². The summed E-state index contributed by atoms with van der Waals surface area (Å²) in [4.78, 5) is 3.66. The van der Waals surface area contributed by atoms with Crippen molar-refractivity contribution in [2.45, 2.75) is 13.8 Å². The quantitative estimate of drug-likeness (QED) is 0.246. The molecule has 0 aliphatic heterocycles. The molecule has 0 bridgehead atoms. The van der Waals surface area contributed by atoms with Gasteiger partial charge in [0.2, 0.25) is 0 Å². The smallest absolute Gasteiger partial charge is 0.182 e. The van der Waals surface area contributed by atoms with Gasteiger partial charge in [-0.1, -0.05) is 20.4 Å². The predicted octanol–water partition coefficient (Wildman–Crippen LogP) is 1.02. The van der Waals surface area contributed by atoms with E-state index < -0.39 is 5.83 Å². The first kappa shape index (κ1) is 14.1. The van der Waals surface area contributed by atoms with Crippen molar-refractivity contribution in [3.8, 4) is 6.07 Å². The molecule has 0 rings (SSSR count). The first-order chi connectivity index (χ1) is 7.42. The topological polar surface area (TPSA) is 91.4 Å². The Morgan fingerprint density at radius 3 is 2.62 bits per heavy atom.